The van der Waals surface area contributed by atoms with Crippen molar-refractivity contribution < 1.29 is 14.3 Å². The highest BCUT2D eigenvalue weighted by atomic mass is 19.1. The van der Waals surface area contributed by atoms with Crippen LogP contribution in [0.15, 0.2) is 48.5 Å². The van der Waals surface area contributed by atoms with Crippen molar-refractivity contribution in [2.75, 3.05) is 0 Å². The van der Waals surface area contributed by atoms with E-state index in [2.05, 4.69) is 5.32 Å². The molecule has 22 heavy (non-hydrogen) atoms. The van der Waals surface area contributed by atoms with Gasteiger partial charge in [0.25, 0.3) is 0 Å². The zero-order valence-corrected chi connectivity index (χ0v) is 12.8. The monoisotopic (exact) mass is 301 g/mol. The number of hydrogen-bond acceptors (Lipinski definition) is 2. The van der Waals surface area contributed by atoms with Gasteiger partial charge in [-0.15, -0.1) is 0 Å². The summed E-state index contributed by atoms with van der Waals surface area (Å²) in [6.45, 7) is 3.66. The lowest BCUT2D eigenvalue weighted by atomic mass is 9.84. The lowest BCUT2D eigenvalue weighted by Gasteiger charge is -2.24. The topological polar surface area (TPSA) is 49.3 Å². The minimum atomic E-state index is -0.652. The summed E-state index contributed by atoms with van der Waals surface area (Å²) in [5, 5.41) is 11.9. The van der Waals surface area contributed by atoms with Gasteiger partial charge in [-0.25, -0.2) is 4.39 Å². The Hall–Kier alpha value is -2.20. The van der Waals surface area contributed by atoms with Crippen molar-refractivity contribution in [1.82, 2.24) is 5.32 Å². The Kier molecular flexibility index (Phi) is 4.93. The summed E-state index contributed by atoms with van der Waals surface area (Å²) in [6.07, 6.45) is 0. The predicted octanol–water partition coefficient (Wildman–Crippen LogP) is 2.91. The fraction of sp³-hybridized carbons (Fsp3) is 0.278. The third-order valence-electron chi connectivity index (χ3n) is 3.80. The van der Waals surface area contributed by atoms with Gasteiger partial charge in [-0.05, 0) is 37.1 Å². The summed E-state index contributed by atoms with van der Waals surface area (Å²) >= 11 is 0. The molecule has 0 aromatic heterocycles. The zero-order chi connectivity index (χ0) is 16.2. The van der Waals surface area contributed by atoms with E-state index in [1.165, 1.54) is 6.07 Å². The molecule has 3 nitrogen and oxygen atoms in total. The van der Waals surface area contributed by atoms with Gasteiger partial charge in [0.2, 0.25) is 5.91 Å². The van der Waals surface area contributed by atoms with Gasteiger partial charge in [-0.1, -0.05) is 36.4 Å². The van der Waals surface area contributed by atoms with Crippen LogP contribution in [0, 0.1) is 5.82 Å². The van der Waals surface area contributed by atoms with E-state index in [1.54, 1.807) is 12.1 Å². The number of benzene rings is 2. The molecule has 0 bridgehead atoms. The van der Waals surface area contributed by atoms with Gasteiger partial charge >= 0.3 is 0 Å². The van der Waals surface area contributed by atoms with Gasteiger partial charge in [0.05, 0.1) is 12.0 Å². The van der Waals surface area contributed by atoms with Crippen molar-refractivity contribution in [1.29, 1.82) is 0 Å². The third-order valence-corrected chi connectivity index (χ3v) is 3.80. The normalized spacial score (nSPS) is 11.3. The van der Waals surface area contributed by atoms with Crippen molar-refractivity contribution in [2.45, 2.75) is 32.4 Å². The molecule has 0 unspecified atom stereocenters. The molecule has 0 heterocycles. The molecule has 0 atom stereocenters. The number of hydrogen-bond donors (Lipinski definition) is 2. The summed E-state index contributed by atoms with van der Waals surface area (Å²) < 4.78 is 13.3. The van der Waals surface area contributed by atoms with E-state index in [-0.39, 0.29) is 18.1 Å². The second-order valence-corrected chi connectivity index (χ2v) is 5.76. The molecule has 0 spiro atoms. The molecule has 4 heteroatoms. The van der Waals surface area contributed by atoms with Gasteiger partial charge in [0.1, 0.15) is 5.82 Å². The maximum absolute atomic E-state index is 13.3. The summed E-state index contributed by atoms with van der Waals surface area (Å²) in [4.78, 5) is 12.4. The fourth-order valence-electron chi connectivity index (χ4n) is 2.25. The Morgan fingerprint density at radius 1 is 1.18 bits per heavy atom. The average molecular weight is 301 g/mol. The van der Waals surface area contributed by atoms with Crippen molar-refractivity contribution in [2.24, 2.45) is 0 Å². The van der Waals surface area contributed by atoms with Crippen LogP contribution in [0.3, 0.4) is 0 Å². The fourth-order valence-corrected chi connectivity index (χ4v) is 2.25. The predicted molar refractivity (Wildman–Crippen MR) is 83.6 cm³/mol. The van der Waals surface area contributed by atoms with E-state index in [0.717, 1.165) is 11.1 Å². The van der Waals surface area contributed by atoms with Gasteiger partial charge < -0.3 is 10.4 Å². The first-order valence-corrected chi connectivity index (χ1v) is 7.17. The second-order valence-electron chi connectivity index (χ2n) is 5.76. The van der Waals surface area contributed by atoms with Gasteiger partial charge in [0.15, 0.2) is 0 Å². The summed E-state index contributed by atoms with van der Waals surface area (Å²) in [7, 11) is 0. The highest BCUT2D eigenvalue weighted by Gasteiger charge is 2.29. The van der Waals surface area contributed by atoms with E-state index in [9.17, 15) is 9.18 Å². The van der Waals surface area contributed by atoms with Crippen molar-refractivity contribution in [3.63, 3.8) is 0 Å². The van der Waals surface area contributed by atoms with Gasteiger partial charge in [-0.3, -0.25) is 4.79 Å². The zero-order valence-electron chi connectivity index (χ0n) is 12.8. The molecular formula is C18H20FNO2. The van der Waals surface area contributed by atoms with Crippen LogP contribution >= 0.6 is 0 Å². The molecule has 1 amide bonds. The summed E-state index contributed by atoms with van der Waals surface area (Å²) in [6, 6.07) is 14.0. The van der Waals surface area contributed by atoms with Crippen LogP contribution in [0.2, 0.25) is 0 Å². The number of aliphatic hydroxyl groups excluding tert-OH is 1. The Balaban J connectivity index is 2.06. The Bertz CT molecular complexity index is 653. The molecule has 0 aliphatic rings. The first-order valence-electron chi connectivity index (χ1n) is 7.17. The van der Waals surface area contributed by atoms with E-state index in [0.29, 0.717) is 6.54 Å². The van der Waals surface area contributed by atoms with Crippen LogP contribution < -0.4 is 5.32 Å². The number of carbonyl (C=O) groups is 1. The number of nitrogens with one attached hydrogen (secondary N) is 1. The molecule has 2 N–H and O–H groups in total. The van der Waals surface area contributed by atoms with E-state index in [1.807, 2.05) is 44.2 Å². The highest BCUT2D eigenvalue weighted by Crippen LogP contribution is 2.23. The lowest BCUT2D eigenvalue weighted by molar-refractivity contribution is -0.125. The molecule has 2 aromatic rings. The minimum absolute atomic E-state index is 0.103. The second kappa shape index (κ2) is 6.71. The quantitative estimate of drug-likeness (QED) is 0.892. The molecule has 0 radical (unpaired) electrons. The van der Waals surface area contributed by atoms with Crippen LogP contribution in [0.5, 0.6) is 0 Å². The first kappa shape index (κ1) is 16.2. The van der Waals surface area contributed by atoms with Crippen molar-refractivity contribution in [3.05, 3.63) is 71.0 Å². The van der Waals surface area contributed by atoms with Crippen LogP contribution in [0.1, 0.15) is 30.5 Å². The van der Waals surface area contributed by atoms with Gasteiger partial charge in [0, 0.05) is 12.1 Å². The van der Waals surface area contributed by atoms with E-state index < -0.39 is 11.2 Å². The van der Waals surface area contributed by atoms with Crippen LogP contribution in [0.4, 0.5) is 4.39 Å². The standard InChI is InChI=1S/C18H20FNO2/c1-18(2,15-6-4-3-5-7-15)17(22)20-11-13-8-9-16(19)14(10-13)12-21/h3-10,21H,11-12H2,1-2H3,(H,20,22). The molecule has 2 aromatic carbocycles. The number of carbonyl (C=O) groups excluding carboxylic acids is 1. The molecule has 0 aliphatic heterocycles. The van der Waals surface area contributed by atoms with E-state index in [4.69, 9.17) is 5.11 Å². The largest absolute Gasteiger partial charge is 0.392 e. The van der Waals surface area contributed by atoms with Crippen LogP contribution in [-0.4, -0.2) is 11.0 Å². The first-order chi connectivity index (χ1) is 10.4. The number of halogens is 1. The highest BCUT2D eigenvalue weighted by molar-refractivity contribution is 5.87. The number of amides is 1. The number of rotatable bonds is 5. The molecule has 116 valence electrons. The van der Waals surface area contributed by atoms with Crippen molar-refractivity contribution in [3.8, 4) is 0 Å². The van der Waals surface area contributed by atoms with Gasteiger partial charge in [-0.2, -0.15) is 0 Å². The summed E-state index contributed by atoms with van der Waals surface area (Å²) in [5.41, 5.74) is 1.26. The minimum Gasteiger partial charge on any atom is -0.392 e. The van der Waals surface area contributed by atoms with E-state index >= 15 is 0 Å². The maximum atomic E-state index is 13.3. The molecule has 0 aliphatic carbocycles. The van der Waals surface area contributed by atoms with Crippen LogP contribution in [-0.2, 0) is 23.4 Å². The smallest absolute Gasteiger partial charge is 0.230 e. The SMILES string of the molecule is CC(C)(C(=O)NCc1ccc(F)c(CO)c1)c1ccccc1. The average Bonchev–Trinajstić information content (AvgIpc) is 2.54. The Labute approximate surface area is 129 Å². The molecule has 2 rings (SSSR count). The van der Waals surface area contributed by atoms with Crippen molar-refractivity contribution >= 4 is 5.91 Å². The number of aliphatic hydroxyl groups is 1. The molecular weight excluding hydrogens is 281 g/mol. The summed E-state index contributed by atoms with van der Waals surface area (Å²) in [5.74, 6) is -0.546. The third kappa shape index (κ3) is 3.52. The molecule has 0 saturated heterocycles. The maximum Gasteiger partial charge on any atom is 0.230 e. The molecule has 0 saturated carbocycles. The molecule has 0 fully saturated rings. The Morgan fingerprint density at radius 3 is 2.50 bits per heavy atom. The van der Waals surface area contributed by atoms with Crippen LogP contribution in [0.25, 0.3) is 0 Å². The lowest BCUT2D eigenvalue weighted by Crippen LogP contribution is -2.39. The Morgan fingerprint density at radius 2 is 1.86 bits per heavy atom.